The molecule has 0 bridgehead atoms. The predicted octanol–water partition coefficient (Wildman–Crippen LogP) is 5.23. The van der Waals surface area contributed by atoms with E-state index in [0.29, 0.717) is 0 Å². The summed E-state index contributed by atoms with van der Waals surface area (Å²) >= 11 is 0. The van der Waals surface area contributed by atoms with Gasteiger partial charge in [0.15, 0.2) is 0 Å². The van der Waals surface area contributed by atoms with Gasteiger partial charge in [0.25, 0.3) is 0 Å². The zero-order chi connectivity index (χ0) is 14.1. The fraction of sp³-hybridized carbons (Fsp3) is 0.111. The van der Waals surface area contributed by atoms with E-state index >= 15 is 0 Å². The second-order valence-electron chi connectivity index (χ2n) is 3.92. The number of para-hydroxylation sites is 1. The molecule has 0 unspecified atom stereocenters. The SMILES string of the molecule is C=C/C=C(\C=C)N(C(/C=C\C)=C/C)c1ccccc1. The molecule has 0 atom stereocenters. The van der Waals surface area contributed by atoms with Crippen LogP contribution in [0.4, 0.5) is 5.69 Å². The Bertz CT molecular complexity index is 504. The maximum Gasteiger partial charge on any atom is 0.0461 e. The van der Waals surface area contributed by atoms with Crippen molar-refractivity contribution in [3.63, 3.8) is 0 Å². The highest BCUT2D eigenvalue weighted by atomic mass is 15.1. The number of nitrogens with zero attached hydrogens (tertiary/aromatic N) is 1. The molecule has 0 aliphatic rings. The molecule has 0 N–H and O–H groups in total. The van der Waals surface area contributed by atoms with Crippen LogP contribution in [0.3, 0.4) is 0 Å². The van der Waals surface area contributed by atoms with Crippen molar-refractivity contribution in [2.45, 2.75) is 13.8 Å². The fourth-order valence-electron chi connectivity index (χ4n) is 1.85. The third-order valence-electron chi connectivity index (χ3n) is 2.66. The Morgan fingerprint density at radius 1 is 1.05 bits per heavy atom. The average molecular weight is 251 g/mol. The van der Waals surface area contributed by atoms with Crippen LogP contribution in [-0.4, -0.2) is 0 Å². The van der Waals surface area contributed by atoms with Gasteiger partial charge in [-0.05, 0) is 44.2 Å². The van der Waals surface area contributed by atoms with Gasteiger partial charge in [-0.1, -0.05) is 49.6 Å². The molecule has 1 aromatic carbocycles. The van der Waals surface area contributed by atoms with Gasteiger partial charge in [0, 0.05) is 17.1 Å². The number of hydrogen-bond donors (Lipinski definition) is 0. The van der Waals surface area contributed by atoms with Crippen molar-refractivity contribution in [1.29, 1.82) is 0 Å². The topological polar surface area (TPSA) is 3.24 Å². The van der Waals surface area contributed by atoms with Crippen LogP contribution in [0.15, 0.2) is 91.3 Å². The normalized spacial score (nSPS) is 12.5. The van der Waals surface area contributed by atoms with Crippen LogP contribution in [-0.2, 0) is 0 Å². The van der Waals surface area contributed by atoms with E-state index in [1.54, 1.807) is 6.08 Å². The Hall–Kier alpha value is -2.28. The second kappa shape index (κ2) is 7.93. The van der Waals surface area contributed by atoms with E-state index < -0.39 is 0 Å². The summed E-state index contributed by atoms with van der Waals surface area (Å²) in [6, 6.07) is 10.2. The number of benzene rings is 1. The van der Waals surface area contributed by atoms with E-state index in [1.807, 2.05) is 50.3 Å². The molecule has 0 aliphatic heterocycles. The van der Waals surface area contributed by atoms with Crippen LogP contribution in [0.5, 0.6) is 0 Å². The first-order valence-electron chi connectivity index (χ1n) is 6.37. The summed E-state index contributed by atoms with van der Waals surface area (Å²) < 4.78 is 0. The molecule has 0 amide bonds. The van der Waals surface area contributed by atoms with Crippen LogP contribution in [0.25, 0.3) is 0 Å². The van der Waals surface area contributed by atoms with Gasteiger partial charge in [0.05, 0.1) is 0 Å². The maximum atomic E-state index is 3.89. The van der Waals surface area contributed by atoms with Crippen molar-refractivity contribution in [1.82, 2.24) is 0 Å². The summed E-state index contributed by atoms with van der Waals surface area (Å²) in [6.45, 7) is 11.7. The van der Waals surface area contributed by atoms with E-state index in [0.717, 1.165) is 17.1 Å². The van der Waals surface area contributed by atoms with Gasteiger partial charge < -0.3 is 4.90 Å². The minimum Gasteiger partial charge on any atom is -0.311 e. The van der Waals surface area contributed by atoms with Crippen molar-refractivity contribution in [3.05, 3.63) is 91.3 Å². The zero-order valence-electron chi connectivity index (χ0n) is 11.7. The zero-order valence-corrected chi connectivity index (χ0v) is 11.7. The van der Waals surface area contributed by atoms with Gasteiger partial charge in [-0.25, -0.2) is 0 Å². The molecule has 0 spiro atoms. The Labute approximate surface area is 116 Å². The lowest BCUT2D eigenvalue weighted by Crippen LogP contribution is -2.19. The molecule has 19 heavy (non-hydrogen) atoms. The molecule has 0 aromatic heterocycles. The van der Waals surface area contributed by atoms with Crippen LogP contribution in [0.1, 0.15) is 13.8 Å². The van der Waals surface area contributed by atoms with E-state index in [-0.39, 0.29) is 0 Å². The minimum atomic E-state index is 0.993. The number of allylic oxidation sites excluding steroid dienone is 6. The Balaban J connectivity index is 3.37. The second-order valence-corrected chi connectivity index (χ2v) is 3.92. The quantitative estimate of drug-likeness (QED) is 0.626. The van der Waals surface area contributed by atoms with Crippen molar-refractivity contribution < 1.29 is 0 Å². The summed E-state index contributed by atoms with van der Waals surface area (Å²) in [5.74, 6) is 0. The molecule has 1 rings (SSSR count). The number of anilines is 1. The smallest absolute Gasteiger partial charge is 0.0461 e. The summed E-state index contributed by atoms with van der Waals surface area (Å²) in [6.07, 6.45) is 11.7. The molecular weight excluding hydrogens is 230 g/mol. The molecule has 1 heteroatoms. The molecule has 0 radical (unpaired) electrons. The maximum absolute atomic E-state index is 3.89. The Kier molecular flexibility index (Phi) is 6.17. The minimum absolute atomic E-state index is 0.993. The third-order valence-corrected chi connectivity index (χ3v) is 2.66. The summed E-state index contributed by atoms with van der Waals surface area (Å²) in [7, 11) is 0. The molecule has 1 nitrogen and oxygen atoms in total. The molecule has 98 valence electrons. The standard InChI is InChI=1S/C18H21N/c1-5-12-16(7-3)19(17(8-4)13-6-2)18-14-10-9-11-15-18/h5-15H,1,3H2,2,4H3/b13-6-,16-12+,17-8+. The van der Waals surface area contributed by atoms with Crippen molar-refractivity contribution in [2.75, 3.05) is 4.90 Å². The van der Waals surface area contributed by atoms with E-state index in [4.69, 9.17) is 0 Å². The van der Waals surface area contributed by atoms with Crippen LogP contribution in [0, 0.1) is 0 Å². The van der Waals surface area contributed by atoms with Crippen molar-refractivity contribution in [3.8, 4) is 0 Å². The largest absolute Gasteiger partial charge is 0.311 e. The highest BCUT2D eigenvalue weighted by Gasteiger charge is 2.11. The summed E-state index contributed by atoms with van der Waals surface area (Å²) in [4.78, 5) is 2.15. The number of hydrogen-bond acceptors (Lipinski definition) is 1. The first-order chi connectivity index (χ1) is 9.28. The average Bonchev–Trinajstić information content (AvgIpc) is 2.46. The molecule has 0 aliphatic carbocycles. The summed E-state index contributed by atoms with van der Waals surface area (Å²) in [5, 5.41) is 0. The molecule has 1 aromatic rings. The molecule has 0 fully saturated rings. The predicted molar refractivity (Wildman–Crippen MR) is 86.0 cm³/mol. The highest BCUT2D eigenvalue weighted by Crippen LogP contribution is 2.25. The van der Waals surface area contributed by atoms with Crippen molar-refractivity contribution >= 4 is 5.69 Å². The van der Waals surface area contributed by atoms with E-state index in [1.165, 1.54) is 0 Å². The molecular formula is C18H21N. The van der Waals surface area contributed by atoms with E-state index in [9.17, 15) is 0 Å². The van der Waals surface area contributed by atoms with Gasteiger partial charge in [-0.3, -0.25) is 0 Å². The Morgan fingerprint density at radius 3 is 2.21 bits per heavy atom. The molecule has 0 heterocycles. The van der Waals surface area contributed by atoms with Gasteiger partial charge in [-0.15, -0.1) is 0 Å². The van der Waals surface area contributed by atoms with E-state index in [2.05, 4.69) is 42.3 Å². The highest BCUT2D eigenvalue weighted by molar-refractivity contribution is 5.62. The summed E-state index contributed by atoms with van der Waals surface area (Å²) in [5.41, 5.74) is 3.19. The monoisotopic (exact) mass is 251 g/mol. The first kappa shape index (κ1) is 14.8. The van der Waals surface area contributed by atoms with Crippen LogP contribution in [0.2, 0.25) is 0 Å². The van der Waals surface area contributed by atoms with Crippen LogP contribution >= 0.6 is 0 Å². The molecule has 0 saturated carbocycles. The van der Waals surface area contributed by atoms with Crippen LogP contribution < -0.4 is 4.90 Å². The lowest BCUT2D eigenvalue weighted by molar-refractivity contribution is 1.13. The third kappa shape index (κ3) is 3.85. The Morgan fingerprint density at radius 2 is 1.74 bits per heavy atom. The molecule has 0 saturated heterocycles. The lowest BCUT2D eigenvalue weighted by atomic mass is 10.2. The van der Waals surface area contributed by atoms with Crippen molar-refractivity contribution in [2.24, 2.45) is 0 Å². The van der Waals surface area contributed by atoms with Gasteiger partial charge in [0.1, 0.15) is 0 Å². The lowest BCUT2D eigenvalue weighted by Gasteiger charge is -2.27. The first-order valence-corrected chi connectivity index (χ1v) is 6.37. The fourth-order valence-corrected chi connectivity index (χ4v) is 1.85. The van der Waals surface area contributed by atoms with Gasteiger partial charge in [-0.2, -0.15) is 0 Å². The number of rotatable bonds is 6. The van der Waals surface area contributed by atoms with Gasteiger partial charge >= 0.3 is 0 Å². The van der Waals surface area contributed by atoms with Gasteiger partial charge in [0.2, 0.25) is 0 Å².